The van der Waals surface area contributed by atoms with Gasteiger partial charge in [0.1, 0.15) is 18.1 Å². The molecule has 0 aliphatic heterocycles. The number of aromatic nitrogens is 2. The molecular formula is C23H19N3O4S. The second-order valence-corrected chi connectivity index (χ2v) is 7.45. The first-order valence-electron chi connectivity index (χ1n) is 9.48. The fourth-order valence-electron chi connectivity index (χ4n) is 3.08. The van der Waals surface area contributed by atoms with E-state index in [9.17, 15) is 9.59 Å². The molecule has 1 amide bonds. The van der Waals surface area contributed by atoms with Crippen LogP contribution in [0.15, 0.2) is 66.0 Å². The van der Waals surface area contributed by atoms with E-state index < -0.39 is 5.97 Å². The van der Waals surface area contributed by atoms with Crippen LogP contribution < -0.4 is 9.64 Å². The van der Waals surface area contributed by atoms with Gasteiger partial charge < -0.3 is 9.47 Å². The lowest BCUT2D eigenvalue weighted by atomic mass is 10.2. The van der Waals surface area contributed by atoms with Crippen LogP contribution in [0.25, 0.3) is 10.9 Å². The molecule has 0 unspecified atom stereocenters. The molecule has 0 radical (unpaired) electrons. The average molecular weight is 433 g/mol. The maximum atomic E-state index is 12.4. The second-order valence-electron chi connectivity index (χ2n) is 6.61. The number of hydrogen-bond donors (Lipinski definition) is 0. The Morgan fingerprint density at radius 1 is 1.00 bits per heavy atom. The van der Waals surface area contributed by atoms with Gasteiger partial charge in [0.25, 0.3) is 0 Å². The third kappa shape index (κ3) is 4.39. The number of nitrogens with zero attached hydrogens (tertiary/aromatic N) is 3. The monoisotopic (exact) mass is 433 g/mol. The lowest BCUT2D eigenvalue weighted by Crippen LogP contribution is -2.23. The number of carbonyl (C=O) groups excluding carboxylic acids is 2. The molecule has 0 aliphatic carbocycles. The van der Waals surface area contributed by atoms with Crippen molar-refractivity contribution in [3.8, 4) is 5.75 Å². The van der Waals surface area contributed by atoms with Crippen molar-refractivity contribution in [3.63, 3.8) is 0 Å². The molecule has 0 saturated carbocycles. The van der Waals surface area contributed by atoms with Crippen LogP contribution in [0, 0.1) is 0 Å². The van der Waals surface area contributed by atoms with Gasteiger partial charge in [-0.2, -0.15) is 0 Å². The van der Waals surface area contributed by atoms with Crippen LogP contribution in [0.1, 0.15) is 23.1 Å². The van der Waals surface area contributed by atoms with Crippen LogP contribution in [0.5, 0.6) is 5.75 Å². The molecule has 156 valence electrons. The van der Waals surface area contributed by atoms with Crippen molar-refractivity contribution in [2.75, 3.05) is 12.0 Å². The van der Waals surface area contributed by atoms with Crippen molar-refractivity contribution in [1.82, 2.24) is 9.97 Å². The molecule has 2 aromatic carbocycles. The van der Waals surface area contributed by atoms with Crippen LogP contribution in [0.3, 0.4) is 0 Å². The first-order chi connectivity index (χ1) is 15.1. The minimum absolute atomic E-state index is 0.0263. The minimum Gasteiger partial charge on any atom is -0.495 e. The van der Waals surface area contributed by atoms with Crippen molar-refractivity contribution in [2.24, 2.45) is 0 Å². The van der Waals surface area contributed by atoms with E-state index in [0.29, 0.717) is 22.3 Å². The molecule has 4 aromatic rings. The van der Waals surface area contributed by atoms with Crippen LogP contribution in [-0.4, -0.2) is 29.0 Å². The highest BCUT2D eigenvalue weighted by Crippen LogP contribution is 2.35. The van der Waals surface area contributed by atoms with Gasteiger partial charge in [0.2, 0.25) is 5.91 Å². The summed E-state index contributed by atoms with van der Waals surface area (Å²) in [5.74, 6) is -0.181. The summed E-state index contributed by atoms with van der Waals surface area (Å²) in [6.45, 7) is 1.43. The molecule has 0 aliphatic rings. The van der Waals surface area contributed by atoms with Gasteiger partial charge in [-0.3, -0.25) is 9.69 Å². The molecule has 0 fully saturated rings. The molecule has 7 nitrogen and oxygen atoms in total. The van der Waals surface area contributed by atoms with Crippen LogP contribution in [-0.2, 0) is 16.1 Å². The van der Waals surface area contributed by atoms with E-state index in [2.05, 4.69) is 9.97 Å². The van der Waals surface area contributed by atoms with E-state index in [4.69, 9.17) is 9.47 Å². The first kappa shape index (κ1) is 20.5. The molecule has 0 saturated heterocycles. The van der Waals surface area contributed by atoms with Crippen molar-refractivity contribution in [3.05, 3.63) is 77.4 Å². The number of thiazole rings is 1. The summed E-state index contributed by atoms with van der Waals surface area (Å²) in [7, 11) is 1.55. The predicted octanol–water partition coefficient (Wildman–Crippen LogP) is 4.74. The molecule has 2 aromatic heterocycles. The summed E-state index contributed by atoms with van der Waals surface area (Å²) >= 11 is 1.28. The number of rotatable bonds is 6. The Balaban J connectivity index is 1.50. The Labute approximate surface area is 182 Å². The summed E-state index contributed by atoms with van der Waals surface area (Å²) in [6.07, 6.45) is 0. The molecule has 0 spiro atoms. The minimum atomic E-state index is -0.534. The molecule has 2 heterocycles. The van der Waals surface area contributed by atoms with E-state index in [1.165, 1.54) is 23.2 Å². The number of para-hydroxylation sites is 3. The fraction of sp³-hybridized carbons (Fsp3) is 0.130. The van der Waals surface area contributed by atoms with E-state index in [1.807, 2.05) is 42.5 Å². The van der Waals surface area contributed by atoms with Gasteiger partial charge in [-0.15, -0.1) is 11.3 Å². The number of methoxy groups -OCH3 is 1. The SMILES string of the molecule is COc1ccccc1N(C(C)=O)c1nc(COC(=O)c2ccc3ccccc3n2)cs1. The number of carbonyl (C=O) groups is 2. The molecule has 0 N–H and O–H groups in total. The van der Waals surface area contributed by atoms with Crippen molar-refractivity contribution >= 4 is 44.9 Å². The fourth-order valence-corrected chi connectivity index (χ4v) is 3.94. The van der Waals surface area contributed by atoms with Crippen LogP contribution in [0.2, 0.25) is 0 Å². The van der Waals surface area contributed by atoms with Gasteiger partial charge in [-0.1, -0.05) is 36.4 Å². The van der Waals surface area contributed by atoms with Gasteiger partial charge in [-0.05, 0) is 24.3 Å². The van der Waals surface area contributed by atoms with E-state index in [1.54, 1.807) is 30.7 Å². The van der Waals surface area contributed by atoms with Crippen molar-refractivity contribution < 1.29 is 19.1 Å². The highest BCUT2D eigenvalue weighted by atomic mass is 32.1. The van der Waals surface area contributed by atoms with E-state index >= 15 is 0 Å². The topological polar surface area (TPSA) is 81.6 Å². The van der Waals surface area contributed by atoms with Gasteiger partial charge in [-0.25, -0.2) is 14.8 Å². The normalized spacial score (nSPS) is 10.6. The number of esters is 1. The maximum absolute atomic E-state index is 12.4. The third-order valence-electron chi connectivity index (χ3n) is 4.53. The van der Waals surface area contributed by atoms with Crippen molar-refractivity contribution in [2.45, 2.75) is 13.5 Å². The second kappa shape index (κ2) is 8.93. The van der Waals surface area contributed by atoms with Crippen LogP contribution >= 0.6 is 11.3 Å². The zero-order valence-electron chi connectivity index (χ0n) is 16.9. The Morgan fingerprint density at radius 3 is 2.58 bits per heavy atom. The Hall–Kier alpha value is -3.78. The van der Waals surface area contributed by atoms with Gasteiger partial charge in [0.05, 0.1) is 24.0 Å². The lowest BCUT2D eigenvalue weighted by molar-refractivity contribution is -0.115. The number of ether oxygens (including phenoxy) is 2. The Bertz CT molecular complexity index is 1250. The number of benzene rings is 2. The number of anilines is 2. The number of hydrogen-bond acceptors (Lipinski definition) is 7. The smallest absolute Gasteiger partial charge is 0.357 e. The summed E-state index contributed by atoms with van der Waals surface area (Å²) in [4.78, 5) is 35.0. The number of fused-ring (bicyclic) bond motifs is 1. The third-order valence-corrected chi connectivity index (χ3v) is 5.41. The molecule has 31 heavy (non-hydrogen) atoms. The summed E-state index contributed by atoms with van der Waals surface area (Å²) < 4.78 is 10.8. The Morgan fingerprint density at radius 2 is 1.77 bits per heavy atom. The summed E-state index contributed by atoms with van der Waals surface area (Å²) in [5.41, 5.74) is 2.08. The molecule has 8 heteroatoms. The zero-order chi connectivity index (χ0) is 21.8. The first-order valence-corrected chi connectivity index (χ1v) is 10.4. The van der Waals surface area contributed by atoms with Crippen molar-refractivity contribution in [1.29, 1.82) is 0 Å². The zero-order valence-corrected chi connectivity index (χ0v) is 17.8. The predicted molar refractivity (Wildman–Crippen MR) is 119 cm³/mol. The standard InChI is InChI=1S/C23H19N3O4S/c1-15(27)26(20-9-5-6-10-21(20)29-2)23-24-17(14-31-23)13-30-22(28)19-12-11-16-7-3-4-8-18(16)25-19/h3-12,14H,13H2,1-2H3. The molecule has 0 atom stereocenters. The highest BCUT2D eigenvalue weighted by molar-refractivity contribution is 7.14. The average Bonchev–Trinajstić information content (AvgIpc) is 3.25. The van der Waals surface area contributed by atoms with Crippen LogP contribution in [0.4, 0.5) is 10.8 Å². The number of amides is 1. The summed E-state index contributed by atoms with van der Waals surface area (Å²) in [5, 5.41) is 3.16. The van der Waals surface area contributed by atoms with E-state index in [0.717, 1.165) is 10.9 Å². The molecule has 0 bridgehead atoms. The lowest BCUT2D eigenvalue weighted by Gasteiger charge is -2.20. The molecule has 4 rings (SSSR count). The quantitative estimate of drug-likeness (QED) is 0.409. The van der Waals surface area contributed by atoms with Gasteiger partial charge in [0.15, 0.2) is 5.13 Å². The highest BCUT2D eigenvalue weighted by Gasteiger charge is 2.21. The van der Waals surface area contributed by atoms with Gasteiger partial charge >= 0.3 is 5.97 Å². The maximum Gasteiger partial charge on any atom is 0.357 e. The van der Waals surface area contributed by atoms with Gasteiger partial charge in [0, 0.05) is 17.7 Å². The van der Waals surface area contributed by atoms with E-state index in [-0.39, 0.29) is 18.2 Å². The largest absolute Gasteiger partial charge is 0.495 e. The molecular weight excluding hydrogens is 414 g/mol. The Kier molecular flexibility index (Phi) is 5.90. The number of pyridine rings is 1. The summed E-state index contributed by atoms with van der Waals surface area (Å²) in [6, 6.07) is 18.2.